The molecule has 0 fully saturated rings. The maximum absolute atomic E-state index is 12.4. The van der Waals surface area contributed by atoms with E-state index < -0.39 is 34.6 Å². The van der Waals surface area contributed by atoms with Gasteiger partial charge in [-0.25, -0.2) is 9.48 Å². The molecule has 21 heavy (non-hydrogen) atoms. The van der Waals surface area contributed by atoms with E-state index in [1.165, 1.54) is 0 Å². The molecule has 0 atom stereocenters. The molecule has 0 aliphatic carbocycles. The lowest BCUT2D eigenvalue weighted by Crippen LogP contribution is -2.21. The molecule has 9 heteroatoms. The fraction of sp³-hybridized carbons (Fsp3) is 0.0833. The number of aromatic carboxylic acids is 1. The molecule has 0 saturated carbocycles. The van der Waals surface area contributed by atoms with Crippen LogP contribution in [0.4, 0.5) is 13.2 Å². The van der Waals surface area contributed by atoms with Gasteiger partial charge in [0, 0.05) is 0 Å². The van der Waals surface area contributed by atoms with Crippen LogP contribution in [-0.2, 0) is 6.18 Å². The molecular formula is C12H7F3N2O4. The summed E-state index contributed by atoms with van der Waals surface area (Å²) in [5, 5.41) is 21.6. The van der Waals surface area contributed by atoms with E-state index in [-0.39, 0.29) is 5.69 Å². The minimum atomic E-state index is -4.51. The predicted octanol–water partition coefficient (Wildman–Crippen LogP) is 1.66. The van der Waals surface area contributed by atoms with Crippen LogP contribution in [0.25, 0.3) is 5.69 Å². The summed E-state index contributed by atoms with van der Waals surface area (Å²) in [4.78, 5) is 22.1. The van der Waals surface area contributed by atoms with Crippen molar-refractivity contribution < 1.29 is 28.2 Å². The van der Waals surface area contributed by atoms with Crippen LogP contribution in [0.15, 0.2) is 35.3 Å². The lowest BCUT2D eigenvalue weighted by molar-refractivity contribution is -0.137. The standard InChI is InChI=1S/C12H7F3N2O4/c13-12(14,15)6-1-3-7(4-2-6)17-5-8(18)10(19)9(16-17)11(20)21/h1-5,18H,(H,20,21). The average Bonchev–Trinajstić information content (AvgIpc) is 2.40. The molecule has 0 radical (unpaired) electrons. The average molecular weight is 300 g/mol. The van der Waals surface area contributed by atoms with Crippen LogP contribution in [0, 0.1) is 0 Å². The van der Waals surface area contributed by atoms with E-state index in [1.54, 1.807) is 0 Å². The highest BCUT2D eigenvalue weighted by Gasteiger charge is 2.30. The van der Waals surface area contributed by atoms with Crippen molar-refractivity contribution in [2.45, 2.75) is 6.18 Å². The van der Waals surface area contributed by atoms with Crippen molar-refractivity contribution in [2.24, 2.45) is 0 Å². The molecule has 0 saturated heterocycles. The summed E-state index contributed by atoms with van der Waals surface area (Å²) in [5.74, 6) is -2.53. The van der Waals surface area contributed by atoms with Crippen LogP contribution >= 0.6 is 0 Å². The number of carboxylic acid groups (broad SMARTS) is 1. The normalized spacial score (nSPS) is 11.4. The van der Waals surface area contributed by atoms with E-state index in [4.69, 9.17) is 5.11 Å². The SMILES string of the molecule is O=C(O)c1nn(-c2ccc(C(F)(F)F)cc2)cc(O)c1=O. The van der Waals surface area contributed by atoms with Gasteiger partial charge in [-0.15, -0.1) is 0 Å². The third kappa shape index (κ3) is 2.86. The van der Waals surface area contributed by atoms with Crippen molar-refractivity contribution in [1.29, 1.82) is 0 Å². The van der Waals surface area contributed by atoms with Gasteiger partial charge in [-0.2, -0.15) is 18.3 Å². The zero-order valence-electron chi connectivity index (χ0n) is 10.1. The molecule has 0 unspecified atom stereocenters. The molecule has 110 valence electrons. The van der Waals surface area contributed by atoms with E-state index in [2.05, 4.69) is 5.10 Å². The number of hydrogen-bond acceptors (Lipinski definition) is 4. The first kappa shape index (κ1) is 14.6. The first-order chi connectivity index (χ1) is 9.70. The van der Waals surface area contributed by atoms with E-state index in [9.17, 15) is 27.9 Å². The van der Waals surface area contributed by atoms with Gasteiger partial charge in [0.25, 0.3) is 5.43 Å². The Morgan fingerprint density at radius 2 is 1.76 bits per heavy atom. The molecular weight excluding hydrogens is 293 g/mol. The molecule has 0 spiro atoms. The second-order valence-electron chi connectivity index (χ2n) is 3.99. The second kappa shape index (κ2) is 4.93. The number of benzene rings is 1. The summed E-state index contributed by atoms with van der Waals surface area (Å²) in [6.07, 6.45) is -3.69. The Kier molecular flexibility index (Phi) is 3.42. The fourth-order valence-corrected chi connectivity index (χ4v) is 1.55. The second-order valence-corrected chi connectivity index (χ2v) is 3.99. The number of nitrogens with zero attached hydrogens (tertiary/aromatic N) is 2. The van der Waals surface area contributed by atoms with Gasteiger partial charge in [0.05, 0.1) is 17.4 Å². The molecule has 1 aromatic carbocycles. The lowest BCUT2D eigenvalue weighted by Gasteiger charge is -2.09. The number of carbonyl (C=O) groups is 1. The zero-order valence-corrected chi connectivity index (χ0v) is 10.1. The minimum Gasteiger partial charge on any atom is -0.503 e. The monoisotopic (exact) mass is 300 g/mol. The topological polar surface area (TPSA) is 92.4 Å². The molecule has 0 bridgehead atoms. The van der Waals surface area contributed by atoms with Gasteiger partial charge in [0.1, 0.15) is 0 Å². The molecule has 0 aliphatic rings. The summed E-state index contributed by atoms with van der Waals surface area (Å²) in [7, 11) is 0. The fourth-order valence-electron chi connectivity index (χ4n) is 1.55. The van der Waals surface area contributed by atoms with Crippen LogP contribution in [0.5, 0.6) is 5.75 Å². The summed E-state index contributed by atoms with van der Waals surface area (Å²) in [5.41, 5.74) is -2.95. The van der Waals surface area contributed by atoms with Crippen molar-refractivity contribution >= 4 is 5.97 Å². The maximum Gasteiger partial charge on any atom is 0.416 e. The highest BCUT2D eigenvalue weighted by Crippen LogP contribution is 2.29. The summed E-state index contributed by atoms with van der Waals surface area (Å²) in [6.45, 7) is 0. The number of aromatic nitrogens is 2. The number of aromatic hydroxyl groups is 1. The third-order valence-corrected chi connectivity index (χ3v) is 2.56. The molecule has 2 N–H and O–H groups in total. The molecule has 6 nitrogen and oxygen atoms in total. The van der Waals surface area contributed by atoms with E-state index in [1.807, 2.05) is 0 Å². The van der Waals surface area contributed by atoms with Crippen LogP contribution in [0.3, 0.4) is 0 Å². The maximum atomic E-state index is 12.4. The number of rotatable bonds is 2. The van der Waals surface area contributed by atoms with Gasteiger partial charge in [-0.1, -0.05) is 0 Å². The molecule has 1 aromatic heterocycles. The van der Waals surface area contributed by atoms with E-state index in [0.717, 1.165) is 35.1 Å². The Morgan fingerprint density at radius 1 is 1.19 bits per heavy atom. The van der Waals surface area contributed by atoms with Crippen LogP contribution < -0.4 is 5.43 Å². The van der Waals surface area contributed by atoms with E-state index >= 15 is 0 Å². The van der Waals surface area contributed by atoms with Crippen LogP contribution in [0.2, 0.25) is 0 Å². The van der Waals surface area contributed by atoms with Crippen molar-refractivity contribution in [2.75, 3.05) is 0 Å². The summed E-state index contributed by atoms with van der Waals surface area (Å²) >= 11 is 0. The zero-order chi connectivity index (χ0) is 15.8. The van der Waals surface area contributed by atoms with Crippen LogP contribution in [-0.4, -0.2) is 26.0 Å². The van der Waals surface area contributed by atoms with Gasteiger partial charge in [0.15, 0.2) is 5.75 Å². The van der Waals surface area contributed by atoms with Crippen LogP contribution in [0.1, 0.15) is 16.1 Å². The Labute approximate surface area is 114 Å². The Balaban J connectivity index is 2.52. The van der Waals surface area contributed by atoms with Crippen molar-refractivity contribution in [3.8, 4) is 11.4 Å². The van der Waals surface area contributed by atoms with Gasteiger partial charge >= 0.3 is 12.1 Å². The molecule has 1 heterocycles. The summed E-state index contributed by atoms with van der Waals surface area (Å²) in [6, 6.07) is 3.61. The molecule has 2 rings (SSSR count). The smallest absolute Gasteiger partial charge is 0.416 e. The van der Waals surface area contributed by atoms with Crippen molar-refractivity contribution in [3.05, 3.63) is 51.9 Å². The number of halogens is 3. The first-order valence-corrected chi connectivity index (χ1v) is 5.44. The summed E-state index contributed by atoms with van der Waals surface area (Å²) < 4.78 is 38.1. The first-order valence-electron chi connectivity index (χ1n) is 5.44. The molecule has 2 aromatic rings. The van der Waals surface area contributed by atoms with Gasteiger partial charge < -0.3 is 10.2 Å². The largest absolute Gasteiger partial charge is 0.503 e. The highest BCUT2D eigenvalue weighted by molar-refractivity contribution is 5.85. The van der Waals surface area contributed by atoms with Gasteiger partial charge in [-0.3, -0.25) is 4.79 Å². The van der Waals surface area contributed by atoms with Crippen molar-refractivity contribution in [1.82, 2.24) is 9.78 Å². The predicted molar refractivity (Wildman–Crippen MR) is 63.5 cm³/mol. The number of carboxylic acids is 1. The quantitative estimate of drug-likeness (QED) is 0.880. The lowest BCUT2D eigenvalue weighted by atomic mass is 10.2. The number of alkyl halides is 3. The Morgan fingerprint density at radius 3 is 2.24 bits per heavy atom. The Bertz CT molecular complexity index is 751. The van der Waals surface area contributed by atoms with Gasteiger partial charge in [0.2, 0.25) is 5.69 Å². The number of hydrogen-bond donors (Lipinski definition) is 2. The van der Waals surface area contributed by atoms with Crippen molar-refractivity contribution in [3.63, 3.8) is 0 Å². The third-order valence-electron chi connectivity index (χ3n) is 2.56. The highest BCUT2D eigenvalue weighted by atomic mass is 19.4. The molecule has 0 amide bonds. The molecule has 0 aliphatic heterocycles. The van der Waals surface area contributed by atoms with E-state index in [0.29, 0.717) is 0 Å². The van der Waals surface area contributed by atoms with Gasteiger partial charge in [-0.05, 0) is 24.3 Å². The minimum absolute atomic E-state index is 0.0563. The Hall–Kier alpha value is -2.84.